The minimum atomic E-state index is -4.19. The third kappa shape index (κ3) is 8.88. The van der Waals surface area contributed by atoms with Gasteiger partial charge in [-0.3, -0.25) is 13.9 Å². The molecule has 46 heavy (non-hydrogen) atoms. The smallest absolute Gasteiger partial charge is 0.264 e. The lowest BCUT2D eigenvalue weighted by molar-refractivity contribution is -0.140. The van der Waals surface area contributed by atoms with E-state index in [-0.39, 0.29) is 29.5 Å². The first-order valence-corrected chi connectivity index (χ1v) is 16.4. The SMILES string of the molecule is COc1ccc(N(CC(=O)N(Cc2cccc(OC)c2)C(Cc2ccccc2)C(=O)NC(C)(C)C)S(=O)(=O)c2ccccc2)cc1. The number of rotatable bonds is 13. The predicted octanol–water partition coefficient (Wildman–Crippen LogP) is 5.45. The van der Waals surface area contributed by atoms with Gasteiger partial charge in [-0.05, 0) is 80.4 Å². The van der Waals surface area contributed by atoms with E-state index in [4.69, 9.17) is 9.47 Å². The van der Waals surface area contributed by atoms with Crippen molar-refractivity contribution in [3.8, 4) is 11.5 Å². The van der Waals surface area contributed by atoms with Crippen molar-refractivity contribution in [2.24, 2.45) is 0 Å². The van der Waals surface area contributed by atoms with Crippen LogP contribution in [0, 0.1) is 0 Å². The maximum atomic E-state index is 14.6. The van der Waals surface area contributed by atoms with Crippen LogP contribution in [0.5, 0.6) is 11.5 Å². The molecule has 0 aliphatic carbocycles. The zero-order valence-corrected chi connectivity index (χ0v) is 27.7. The van der Waals surface area contributed by atoms with Gasteiger partial charge in [-0.2, -0.15) is 0 Å². The van der Waals surface area contributed by atoms with Crippen LogP contribution in [0.2, 0.25) is 0 Å². The molecule has 1 unspecified atom stereocenters. The Morgan fingerprint density at radius 3 is 1.93 bits per heavy atom. The summed E-state index contributed by atoms with van der Waals surface area (Å²) in [5.74, 6) is 0.223. The van der Waals surface area contributed by atoms with E-state index in [1.54, 1.807) is 61.7 Å². The zero-order chi connectivity index (χ0) is 33.3. The molecule has 0 fully saturated rings. The number of hydrogen-bond acceptors (Lipinski definition) is 6. The van der Waals surface area contributed by atoms with Gasteiger partial charge in [0.2, 0.25) is 11.8 Å². The minimum Gasteiger partial charge on any atom is -0.497 e. The molecule has 4 rings (SSSR count). The number of benzene rings is 4. The van der Waals surface area contributed by atoms with E-state index in [9.17, 15) is 18.0 Å². The zero-order valence-electron chi connectivity index (χ0n) is 26.8. The fraction of sp³-hybridized carbons (Fsp3) is 0.278. The molecule has 1 N–H and O–H groups in total. The maximum absolute atomic E-state index is 14.6. The summed E-state index contributed by atoms with van der Waals surface area (Å²) in [6.07, 6.45) is 0.215. The Hall–Kier alpha value is -4.83. The second-order valence-corrected chi connectivity index (χ2v) is 13.7. The Labute approximate surface area is 271 Å². The van der Waals surface area contributed by atoms with Crippen molar-refractivity contribution in [3.05, 3.63) is 120 Å². The van der Waals surface area contributed by atoms with Crippen molar-refractivity contribution in [1.29, 1.82) is 0 Å². The third-order valence-corrected chi connectivity index (χ3v) is 9.01. The summed E-state index contributed by atoms with van der Waals surface area (Å²) < 4.78 is 40.0. The van der Waals surface area contributed by atoms with Gasteiger partial charge in [0.25, 0.3) is 10.0 Å². The van der Waals surface area contributed by atoms with E-state index in [0.717, 1.165) is 15.4 Å². The molecule has 0 bridgehead atoms. The summed E-state index contributed by atoms with van der Waals surface area (Å²) >= 11 is 0. The van der Waals surface area contributed by atoms with E-state index in [1.807, 2.05) is 63.2 Å². The van der Waals surface area contributed by atoms with E-state index in [2.05, 4.69) is 5.32 Å². The number of ether oxygens (including phenoxy) is 2. The second kappa shape index (κ2) is 15.0. The molecule has 242 valence electrons. The lowest BCUT2D eigenvalue weighted by Crippen LogP contribution is -2.56. The Morgan fingerprint density at radius 1 is 0.761 bits per heavy atom. The Balaban J connectivity index is 1.82. The van der Waals surface area contributed by atoms with Gasteiger partial charge in [0, 0.05) is 18.5 Å². The second-order valence-electron chi connectivity index (χ2n) is 11.8. The number of nitrogens with zero attached hydrogens (tertiary/aromatic N) is 2. The lowest BCUT2D eigenvalue weighted by Gasteiger charge is -2.35. The number of amides is 2. The highest BCUT2D eigenvalue weighted by Gasteiger charge is 2.35. The van der Waals surface area contributed by atoms with Crippen LogP contribution in [0.1, 0.15) is 31.9 Å². The van der Waals surface area contributed by atoms with E-state index in [1.165, 1.54) is 24.1 Å². The number of nitrogens with one attached hydrogen (secondary N) is 1. The molecule has 4 aromatic carbocycles. The van der Waals surface area contributed by atoms with E-state index in [0.29, 0.717) is 11.5 Å². The Morgan fingerprint density at radius 2 is 1.35 bits per heavy atom. The molecule has 0 radical (unpaired) electrons. The molecule has 1 atom stereocenters. The van der Waals surface area contributed by atoms with Crippen LogP contribution in [-0.4, -0.2) is 57.5 Å². The molecule has 10 heteroatoms. The maximum Gasteiger partial charge on any atom is 0.264 e. The molecule has 4 aromatic rings. The van der Waals surface area contributed by atoms with Gasteiger partial charge >= 0.3 is 0 Å². The van der Waals surface area contributed by atoms with Crippen LogP contribution in [0.25, 0.3) is 0 Å². The van der Waals surface area contributed by atoms with Crippen LogP contribution < -0.4 is 19.1 Å². The summed E-state index contributed by atoms with van der Waals surface area (Å²) in [5.41, 5.74) is 1.26. The highest BCUT2D eigenvalue weighted by atomic mass is 32.2. The first-order valence-electron chi connectivity index (χ1n) is 14.9. The molecule has 9 nitrogen and oxygen atoms in total. The molecule has 0 aliphatic heterocycles. The topological polar surface area (TPSA) is 105 Å². The number of anilines is 1. The highest BCUT2D eigenvalue weighted by molar-refractivity contribution is 7.92. The summed E-state index contributed by atoms with van der Waals surface area (Å²) in [6, 6.07) is 30.1. The molecule has 0 heterocycles. The first kappa shape index (κ1) is 34.1. The van der Waals surface area contributed by atoms with Gasteiger partial charge in [-0.25, -0.2) is 8.42 Å². The van der Waals surface area contributed by atoms with Crippen LogP contribution in [0.4, 0.5) is 5.69 Å². The first-order chi connectivity index (χ1) is 21.9. The highest BCUT2D eigenvalue weighted by Crippen LogP contribution is 2.27. The number of hydrogen-bond donors (Lipinski definition) is 1. The van der Waals surface area contributed by atoms with Crippen LogP contribution in [-0.2, 0) is 32.6 Å². The summed E-state index contributed by atoms with van der Waals surface area (Å²) in [5, 5.41) is 3.03. The third-order valence-electron chi connectivity index (χ3n) is 7.23. The summed E-state index contributed by atoms with van der Waals surface area (Å²) in [7, 11) is -1.12. The molecule has 0 spiro atoms. The number of carbonyl (C=O) groups excluding carboxylic acids is 2. The van der Waals surface area contributed by atoms with Gasteiger partial charge in [0.05, 0.1) is 24.8 Å². The molecular weight excluding hydrogens is 602 g/mol. The molecule has 0 aliphatic rings. The number of carbonyl (C=O) groups is 2. The standard InChI is InChI=1S/C36H41N3O6S/c1-36(2,3)37-35(41)33(24-27-13-8-6-9-14-27)38(25-28-15-12-16-31(23-28)45-5)34(40)26-39(29-19-21-30(44-4)22-20-29)46(42,43)32-17-10-7-11-18-32/h6-23,33H,24-26H2,1-5H3,(H,37,41). The van der Waals surface area contributed by atoms with Crippen LogP contribution in [0.3, 0.4) is 0 Å². The molecule has 2 amide bonds. The molecule has 0 aromatic heterocycles. The number of sulfonamides is 1. The van der Waals surface area contributed by atoms with Crippen molar-refractivity contribution in [2.45, 2.75) is 50.2 Å². The van der Waals surface area contributed by atoms with Crippen LogP contribution >= 0.6 is 0 Å². The fourth-order valence-electron chi connectivity index (χ4n) is 4.97. The predicted molar refractivity (Wildman–Crippen MR) is 179 cm³/mol. The molecular formula is C36H41N3O6S. The molecule has 0 saturated heterocycles. The van der Waals surface area contributed by atoms with Crippen molar-refractivity contribution in [1.82, 2.24) is 10.2 Å². The Bertz CT molecular complexity index is 1710. The fourth-order valence-corrected chi connectivity index (χ4v) is 6.41. The van der Waals surface area contributed by atoms with Gasteiger partial charge < -0.3 is 19.7 Å². The molecule has 0 saturated carbocycles. The number of methoxy groups -OCH3 is 2. The monoisotopic (exact) mass is 643 g/mol. The Kier molecular flexibility index (Phi) is 11.1. The van der Waals surface area contributed by atoms with Gasteiger partial charge in [-0.1, -0.05) is 60.7 Å². The van der Waals surface area contributed by atoms with Gasteiger partial charge in [0.15, 0.2) is 0 Å². The van der Waals surface area contributed by atoms with Gasteiger partial charge in [-0.15, -0.1) is 0 Å². The van der Waals surface area contributed by atoms with Crippen molar-refractivity contribution in [3.63, 3.8) is 0 Å². The van der Waals surface area contributed by atoms with Crippen molar-refractivity contribution in [2.75, 3.05) is 25.1 Å². The van der Waals surface area contributed by atoms with Gasteiger partial charge in [0.1, 0.15) is 24.1 Å². The summed E-state index contributed by atoms with van der Waals surface area (Å²) in [6.45, 7) is 5.10. The van der Waals surface area contributed by atoms with E-state index >= 15 is 0 Å². The minimum absolute atomic E-state index is 0.0317. The van der Waals surface area contributed by atoms with Crippen molar-refractivity contribution >= 4 is 27.5 Å². The van der Waals surface area contributed by atoms with Crippen LogP contribution in [0.15, 0.2) is 114 Å². The quantitative estimate of drug-likeness (QED) is 0.208. The summed E-state index contributed by atoms with van der Waals surface area (Å²) in [4.78, 5) is 30.1. The average Bonchev–Trinajstić information content (AvgIpc) is 3.05. The largest absolute Gasteiger partial charge is 0.497 e. The normalized spacial score (nSPS) is 12.1. The average molecular weight is 644 g/mol. The van der Waals surface area contributed by atoms with E-state index < -0.39 is 34.1 Å². The van der Waals surface area contributed by atoms with Crippen molar-refractivity contribution < 1.29 is 27.5 Å². The lowest BCUT2D eigenvalue weighted by atomic mass is 10.0.